The lowest BCUT2D eigenvalue weighted by atomic mass is 10.2. The second-order valence-corrected chi connectivity index (χ2v) is 3.25. The molecule has 1 aromatic carbocycles. The van der Waals surface area contributed by atoms with E-state index in [4.69, 9.17) is 0 Å². The molecular formula is C9H11FN2O2. The van der Waals surface area contributed by atoms with Crippen molar-refractivity contribution in [1.82, 2.24) is 4.90 Å². The fourth-order valence-electron chi connectivity index (χ4n) is 1.17. The molecule has 0 spiro atoms. The highest BCUT2D eigenvalue weighted by molar-refractivity contribution is 5.36. The largest absolute Gasteiger partial charge is 0.305 e. The molecule has 0 radical (unpaired) electrons. The van der Waals surface area contributed by atoms with Crippen molar-refractivity contribution in [1.29, 1.82) is 0 Å². The Morgan fingerprint density at radius 1 is 1.50 bits per heavy atom. The van der Waals surface area contributed by atoms with E-state index in [0.717, 1.165) is 6.07 Å². The molecular weight excluding hydrogens is 187 g/mol. The van der Waals surface area contributed by atoms with Gasteiger partial charge in [0.2, 0.25) is 5.82 Å². The van der Waals surface area contributed by atoms with Crippen molar-refractivity contribution in [3.8, 4) is 0 Å². The number of hydrogen-bond donors (Lipinski definition) is 0. The van der Waals surface area contributed by atoms with E-state index in [1.54, 1.807) is 25.1 Å². The Kier molecular flexibility index (Phi) is 3.14. The highest BCUT2D eigenvalue weighted by Crippen LogP contribution is 2.20. The first-order valence-electron chi connectivity index (χ1n) is 4.09. The van der Waals surface area contributed by atoms with E-state index in [1.807, 2.05) is 0 Å². The molecule has 0 N–H and O–H groups in total. The van der Waals surface area contributed by atoms with Gasteiger partial charge in [-0.3, -0.25) is 10.1 Å². The first-order valence-corrected chi connectivity index (χ1v) is 4.09. The second-order valence-electron chi connectivity index (χ2n) is 3.25. The van der Waals surface area contributed by atoms with Gasteiger partial charge in [0.15, 0.2) is 0 Å². The Labute approximate surface area is 81.1 Å². The molecule has 0 unspecified atom stereocenters. The third-order valence-corrected chi connectivity index (χ3v) is 1.74. The Balaban J connectivity index is 3.07. The van der Waals surface area contributed by atoms with Gasteiger partial charge >= 0.3 is 5.69 Å². The van der Waals surface area contributed by atoms with E-state index >= 15 is 0 Å². The molecule has 0 atom stereocenters. The van der Waals surface area contributed by atoms with Crippen LogP contribution < -0.4 is 0 Å². The van der Waals surface area contributed by atoms with Crippen LogP contribution in [0.15, 0.2) is 18.2 Å². The van der Waals surface area contributed by atoms with E-state index in [0.29, 0.717) is 12.1 Å². The molecule has 1 rings (SSSR count). The number of nitro groups is 1. The van der Waals surface area contributed by atoms with E-state index in [1.165, 1.54) is 6.07 Å². The summed E-state index contributed by atoms with van der Waals surface area (Å²) >= 11 is 0. The summed E-state index contributed by atoms with van der Waals surface area (Å²) in [6, 6.07) is 4.19. The predicted molar refractivity (Wildman–Crippen MR) is 50.4 cm³/mol. The van der Waals surface area contributed by atoms with Gasteiger partial charge in [0, 0.05) is 18.2 Å². The third kappa shape index (κ3) is 2.26. The molecule has 14 heavy (non-hydrogen) atoms. The van der Waals surface area contributed by atoms with Crippen LogP contribution in [-0.2, 0) is 6.54 Å². The monoisotopic (exact) mass is 198 g/mol. The quantitative estimate of drug-likeness (QED) is 0.549. The molecule has 0 aliphatic heterocycles. The predicted octanol–water partition coefficient (Wildman–Crippen LogP) is 1.80. The van der Waals surface area contributed by atoms with Crippen molar-refractivity contribution in [2.24, 2.45) is 0 Å². The lowest BCUT2D eigenvalue weighted by Crippen LogP contribution is -2.12. The molecule has 0 saturated carbocycles. The van der Waals surface area contributed by atoms with Crippen LogP contribution in [0.5, 0.6) is 0 Å². The molecule has 0 aromatic heterocycles. The van der Waals surface area contributed by atoms with Crippen LogP contribution in [0.3, 0.4) is 0 Å². The van der Waals surface area contributed by atoms with E-state index < -0.39 is 16.4 Å². The van der Waals surface area contributed by atoms with Gasteiger partial charge in [-0.2, -0.15) is 4.39 Å². The summed E-state index contributed by atoms with van der Waals surface area (Å²) in [5.41, 5.74) is -0.131. The minimum absolute atomic E-state index is 0.337. The highest BCUT2D eigenvalue weighted by atomic mass is 19.1. The summed E-state index contributed by atoms with van der Waals surface area (Å²) in [4.78, 5) is 11.5. The Bertz CT molecular complexity index is 353. The highest BCUT2D eigenvalue weighted by Gasteiger charge is 2.16. The average molecular weight is 198 g/mol. The Hall–Kier alpha value is -1.49. The molecule has 0 fully saturated rings. The van der Waals surface area contributed by atoms with Crippen LogP contribution >= 0.6 is 0 Å². The number of benzene rings is 1. The summed E-state index contributed by atoms with van der Waals surface area (Å²) in [5, 5.41) is 10.4. The van der Waals surface area contributed by atoms with E-state index in [-0.39, 0.29) is 0 Å². The number of nitrogens with zero attached hydrogens (tertiary/aromatic N) is 2. The summed E-state index contributed by atoms with van der Waals surface area (Å²) in [7, 11) is 3.55. The third-order valence-electron chi connectivity index (χ3n) is 1.74. The van der Waals surface area contributed by atoms with Gasteiger partial charge in [0.05, 0.1) is 4.92 Å². The molecule has 4 nitrogen and oxygen atoms in total. The lowest BCUT2D eigenvalue weighted by Gasteiger charge is -2.09. The first kappa shape index (κ1) is 10.6. The van der Waals surface area contributed by atoms with Crippen LogP contribution in [0.1, 0.15) is 5.56 Å². The minimum atomic E-state index is -0.744. The zero-order valence-corrected chi connectivity index (χ0v) is 8.03. The Morgan fingerprint density at radius 3 is 2.64 bits per heavy atom. The molecule has 1 aromatic rings. The summed E-state index contributed by atoms with van der Waals surface area (Å²) in [6.07, 6.45) is 0. The lowest BCUT2D eigenvalue weighted by molar-refractivity contribution is -0.387. The molecule has 5 heteroatoms. The van der Waals surface area contributed by atoms with Crippen LogP contribution in [0.4, 0.5) is 10.1 Å². The van der Waals surface area contributed by atoms with Crippen LogP contribution in [0, 0.1) is 15.9 Å². The standard InChI is InChI=1S/C9H11FN2O2/c1-11(2)6-7-4-3-5-8(9(7)10)12(13)14/h3-5H,6H2,1-2H3. The average Bonchev–Trinajstić information content (AvgIpc) is 2.07. The fraction of sp³-hybridized carbons (Fsp3) is 0.333. The maximum Gasteiger partial charge on any atom is 0.305 e. The molecule has 0 aliphatic rings. The SMILES string of the molecule is CN(C)Cc1cccc([N+](=O)[O-])c1F. The van der Waals surface area contributed by atoms with E-state index in [2.05, 4.69) is 0 Å². The number of halogens is 1. The molecule has 0 bridgehead atoms. The maximum atomic E-state index is 13.4. The van der Waals surface area contributed by atoms with Crippen molar-refractivity contribution in [3.05, 3.63) is 39.7 Å². The van der Waals surface area contributed by atoms with Crippen molar-refractivity contribution in [2.45, 2.75) is 6.54 Å². The summed E-state index contributed by atoms with van der Waals surface area (Å²) < 4.78 is 13.4. The Morgan fingerprint density at radius 2 is 2.14 bits per heavy atom. The van der Waals surface area contributed by atoms with Crippen molar-refractivity contribution >= 4 is 5.69 Å². The molecule has 76 valence electrons. The van der Waals surface area contributed by atoms with Crippen LogP contribution in [0.25, 0.3) is 0 Å². The van der Waals surface area contributed by atoms with Gasteiger partial charge in [-0.15, -0.1) is 0 Å². The van der Waals surface area contributed by atoms with Crippen molar-refractivity contribution in [2.75, 3.05) is 14.1 Å². The van der Waals surface area contributed by atoms with Gasteiger partial charge in [-0.25, -0.2) is 0 Å². The first-order chi connectivity index (χ1) is 6.52. The van der Waals surface area contributed by atoms with Gasteiger partial charge in [-0.05, 0) is 14.1 Å². The van der Waals surface area contributed by atoms with Gasteiger partial charge < -0.3 is 4.90 Å². The fourth-order valence-corrected chi connectivity index (χ4v) is 1.17. The molecule has 0 aliphatic carbocycles. The van der Waals surface area contributed by atoms with Crippen molar-refractivity contribution in [3.63, 3.8) is 0 Å². The van der Waals surface area contributed by atoms with Crippen molar-refractivity contribution < 1.29 is 9.31 Å². The zero-order valence-electron chi connectivity index (χ0n) is 8.03. The van der Waals surface area contributed by atoms with Gasteiger partial charge in [-0.1, -0.05) is 12.1 Å². The molecule has 0 heterocycles. The summed E-state index contributed by atoms with van der Waals surface area (Å²) in [5.74, 6) is -0.744. The van der Waals surface area contributed by atoms with Crippen LogP contribution in [0.2, 0.25) is 0 Å². The maximum absolute atomic E-state index is 13.4. The zero-order chi connectivity index (χ0) is 10.7. The molecule has 0 amide bonds. The second kappa shape index (κ2) is 4.15. The van der Waals surface area contributed by atoms with Gasteiger partial charge in [0.25, 0.3) is 0 Å². The molecule has 0 saturated heterocycles. The normalized spacial score (nSPS) is 10.6. The smallest absolute Gasteiger partial charge is 0.305 e. The van der Waals surface area contributed by atoms with Gasteiger partial charge in [0.1, 0.15) is 0 Å². The van der Waals surface area contributed by atoms with Crippen LogP contribution in [-0.4, -0.2) is 23.9 Å². The number of hydrogen-bond acceptors (Lipinski definition) is 3. The number of nitro benzene ring substituents is 1. The number of rotatable bonds is 3. The van der Waals surface area contributed by atoms with E-state index in [9.17, 15) is 14.5 Å². The topological polar surface area (TPSA) is 46.4 Å². The minimum Gasteiger partial charge on any atom is -0.305 e. The summed E-state index contributed by atoms with van der Waals surface area (Å²) in [6.45, 7) is 0.355.